The summed E-state index contributed by atoms with van der Waals surface area (Å²) < 4.78 is 3.22. The molecule has 1 saturated heterocycles. The minimum absolute atomic E-state index is 0.654. The normalized spacial score (nSPS) is 20.0. The number of aromatic nitrogens is 3. The Kier molecular flexibility index (Phi) is 3.84. The van der Waals surface area contributed by atoms with Crippen molar-refractivity contribution in [2.75, 3.05) is 6.54 Å². The minimum atomic E-state index is 0.654. The summed E-state index contributed by atoms with van der Waals surface area (Å²) in [4.78, 5) is 9.09. The predicted molar refractivity (Wildman–Crippen MR) is 80.2 cm³/mol. The molecule has 1 N–H and O–H groups in total. The van der Waals surface area contributed by atoms with Crippen LogP contribution in [0.25, 0.3) is 11.2 Å². The molecular formula is C14H19BrN4. The van der Waals surface area contributed by atoms with E-state index in [2.05, 4.69) is 42.7 Å². The van der Waals surface area contributed by atoms with Gasteiger partial charge in [0.05, 0.1) is 0 Å². The molecule has 1 fully saturated rings. The van der Waals surface area contributed by atoms with E-state index in [-0.39, 0.29) is 0 Å². The number of nitrogens with zero attached hydrogens (tertiary/aromatic N) is 3. The fourth-order valence-corrected chi connectivity index (χ4v) is 3.14. The van der Waals surface area contributed by atoms with Gasteiger partial charge < -0.3 is 9.88 Å². The number of aryl methyl sites for hydroxylation is 2. The molecule has 5 heteroatoms. The van der Waals surface area contributed by atoms with Crippen molar-refractivity contribution in [2.24, 2.45) is 0 Å². The van der Waals surface area contributed by atoms with Crippen LogP contribution < -0.4 is 5.32 Å². The number of fused-ring (bicyclic) bond motifs is 1. The van der Waals surface area contributed by atoms with Gasteiger partial charge in [0.1, 0.15) is 11.3 Å². The van der Waals surface area contributed by atoms with Crippen molar-refractivity contribution in [1.82, 2.24) is 19.9 Å². The second kappa shape index (κ2) is 5.59. The number of imidazole rings is 1. The van der Waals surface area contributed by atoms with E-state index in [4.69, 9.17) is 0 Å². The van der Waals surface area contributed by atoms with Gasteiger partial charge in [0.2, 0.25) is 0 Å². The Morgan fingerprint density at radius 3 is 3.16 bits per heavy atom. The highest BCUT2D eigenvalue weighted by Gasteiger charge is 2.14. The van der Waals surface area contributed by atoms with Gasteiger partial charge >= 0.3 is 0 Å². The Hall–Kier alpha value is -0.940. The maximum Gasteiger partial charge on any atom is 0.160 e. The largest absolute Gasteiger partial charge is 0.314 e. The van der Waals surface area contributed by atoms with Crippen molar-refractivity contribution >= 4 is 27.1 Å². The second-order valence-corrected chi connectivity index (χ2v) is 6.16. The van der Waals surface area contributed by atoms with Crippen molar-refractivity contribution in [3.63, 3.8) is 0 Å². The third kappa shape index (κ3) is 2.82. The number of halogens is 1. The van der Waals surface area contributed by atoms with Crippen LogP contribution >= 0.6 is 15.9 Å². The molecule has 0 aromatic carbocycles. The molecule has 102 valence electrons. The minimum Gasteiger partial charge on any atom is -0.314 e. The molecule has 2 aromatic rings. The lowest BCUT2D eigenvalue weighted by molar-refractivity contribution is 0.367. The van der Waals surface area contributed by atoms with E-state index in [0.29, 0.717) is 6.04 Å². The van der Waals surface area contributed by atoms with Crippen molar-refractivity contribution in [1.29, 1.82) is 0 Å². The topological polar surface area (TPSA) is 42.7 Å². The van der Waals surface area contributed by atoms with Crippen LogP contribution in [0.1, 0.15) is 31.5 Å². The molecule has 2 aromatic heterocycles. The number of hydrogen-bond acceptors (Lipinski definition) is 3. The summed E-state index contributed by atoms with van der Waals surface area (Å²) in [6.45, 7) is 4.22. The fraction of sp³-hybridized carbons (Fsp3) is 0.571. The SMILES string of the molecule is Cc1nc2cc(Br)cnc2n1CCC1CCCCN1. The zero-order chi connectivity index (χ0) is 13.2. The van der Waals surface area contributed by atoms with E-state index in [1.54, 1.807) is 0 Å². The van der Waals surface area contributed by atoms with Gasteiger partial charge in [-0.05, 0) is 54.7 Å². The van der Waals surface area contributed by atoms with Gasteiger partial charge in [-0.15, -0.1) is 0 Å². The Morgan fingerprint density at radius 1 is 1.47 bits per heavy atom. The first-order valence-corrected chi connectivity index (χ1v) is 7.75. The number of pyridine rings is 1. The van der Waals surface area contributed by atoms with Crippen LogP contribution in [-0.4, -0.2) is 27.1 Å². The fourth-order valence-electron chi connectivity index (χ4n) is 2.82. The van der Waals surface area contributed by atoms with E-state index in [0.717, 1.165) is 34.4 Å². The molecule has 0 spiro atoms. The van der Waals surface area contributed by atoms with Crippen molar-refractivity contribution in [3.05, 3.63) is 22.6 Å². The number of hydrogen-bond donors (Lipinski definition) is 1. The number of piperidine rings is 1. The maximum absolute atomic E-state index is 4.59. The zero-order valence-corrected chi connectivity index (χ0v) is 12.8. The van der Waals surface area contributed by atoms with Gasteiger partial charge in [-0.3, -0.25) is 0 Å². The smallest absolute Gasteiger partial charge is 0.160 e. The van der Waals surface area contributed by atoms with Crippen LogP contribution in [0.2, 0.25) is 0 Å². The molecule has 3 heterocycles. The monoisotopic (exact) mass is 322 g/mol. The van der Waals surface area contributed by atoms with Crippen LogP contribution in [0.5, 0.6) is 0 Å². The lowest BCUT2D eigenvalue weighted by Gasteiger charge is -2.23. The zero-order valence-electron chi connectivity index (χ0n) is 11.2. The molecule has 1 aliphatic rings. The summed E-state index contributed by atoms with van der Waals surface area (Å²) in [6, 6.07) is 2.69. The van der Waals surface area contributed by atoms with Crippen molar-refractivity contribution in [2.45, 2.75) is 45.2 Å². The second-order valence-electron chi connectivity index (χ2n) is 5.24. The van der Waals surface area contributed by atoms with Gasteiger partial charge in [0.25, 0.3) is 0 Å². The van der Waals surface area contributed by atoms with Gasteiger partial charge in [0, 0.05) is 23.3 Å². The van der Waals surface area contributed by atoms with Gasteiger partial charge in [-0.1, -0.05) is 6.42 Å². The van der Waals surface area contributed by atoms with E-state index in [9.17, 15) is 0 Å². The molecule has 0 aliphatic carbocycles. The quantitative estimate of drug-likeness (QED) is 0.944. The molecule has 1 unspecified atom stereocenters. The van der Waals surface area contributed by atoms with Crippen molar-refractivity contribution < 1.29 is 0 Å². The molecule has 0 bridgehead atoms. The molecule has 0 saturated carbocycles. The molecule has 0 radical (unpaired) electrons. The summed E-state index contributed by atoms with van der Waals surface area (Å²) in [5.74, 6) is 1.05. The summed E-state index contributed by atoms with van der Waals surface area (Å²) >= 11 is 3.45. The molecule has 1 atom stereocenters. The lowest BCUT2D eigenvalue weighted by atomic mass is 10.0. The summed E-state index contributed by atoms with van der Waals surface area (Å²) in [7, 11) is 0. The first-order valence-electron chi connectivity index (χ1n) is 6.96. The number of nitrogens with one attached hydrogen (secondary N) is 1. The molecule has 4 nitrogen and oxygen atoms in total. The molecule has 1 aliphatic heterocycles. The maximum atomic E-state index is 4.59. The Balaban J connectivity index is 1.78. The average Bonchev–Trinajstić information content (AvgIpc) is 2.72. The molecular weight excluding hydrogens is 304 g/mol. The third-order valence-electron chi connectivity index (χ3n) is 3.86. The predicted octanol–water partition coefficient (Wildman–Crippen LogP) is 3.03. The Morgan fingerprint density at radius 2 is 2.37 bits per heavy atom. The van der Waals surface area contributed by atoms with Crippen LogP contribution in [0.15, 0.2) is 16.7 Å². The third-order valence-corrected chi connectivity index (χ3v) is 4.29. The highest BCUT2D eigenvalue weighted by Crippen LogP contribution is 2.19. The molecule has 3 rings (SSSR count). The van der Waals surface area contributed by atoms with E-state index in [1.165, 1.54) is 25.8 Å². The molecule has 0 amide bonds. The highest BCUT2D eigenvalue weighted by atomic mass is 79.9. The van der Waals surface area contributed by atoms with E-state index >= 15 is 0 Å². The molecule has 19 heavy (non-hydrogen) atoms. The standard InChI is InChI=1S/C14H19BrN4/c1-10-18-13-8-11(15)9-17-14(13)19(10)7-5-12-4-2-3-6-16-12/h8-9,12,16H,2-7H2,1H3. The van der Waals surface area contributed by atoms with Gasteiger partial charge in [-0.25, -0.2) is 9.97 Å². The lowest BCUT2D eigenvalue weighted by Crippen LogP contribution is -2.34. The van der Waals surface area contributed by atoms with Gasteiger partial charge in [0.15, 0.2) is 5.65 Å². The van der Waals surface area contributed by atoms with E-state index < -0.39 is 0 Å². The highest BCUT2D eigenvalue weighted by molar-refractivity contribution is 9.10. The van der Waals surface area contributed by atoms with Crippen LogP contribution in [0, 0.1) is 6.92 Å². The Bertz CT molecular complexity index is 572. The first kappa shape index (κ1) is 13.1. The van der Waals surface area contributed by atoms with Crippen LogP contribution in [0.4, 0.5) is 0 Å². The average molecular weight is 323 g/mol. The Labute approximate surface area is 121 Å². The van der Waals surface area contributed by atoms with Gasteiger partial charge in [-0.2, -0.15) is 0 Å². The summed E-state index contributed by atoms with van der Waals surface area (Å²) in [5.41, 5.74) is 1.97. The van der Waals surface area contributed by atoms with Crippen LogP contribution in [-0.2, 0) is 6.54 Å². The summed E-state index contributed by atoms with van der Waals surface area (Å²) in [5, 5.41) is 3.60. The first-order chi connectivity index (χ1) is 9.24. The van der Waals surface area contributed by atoms with Crippen molar-refractivity contribution in [3.8, 4) is 0 Å². The van der Waals surface area contributed by atoms with E-state index in [1.807, 2.05) is 12.3 Å². The number of rotatable bonds is 3. The summed E-state index contributed by atoms with van der Waals surface area (Å²) in [6.07, 6.45) is 6.97. The van der Waals surface area contributed by atoms with Crippen LogP contribution in [0.3, 0.4) is 0 Å².